The van der Waals surface area contributed by atoms with Crippen molar-refractivity contribution in [2.24, 2.45) is 0 Å². The summed E-state index contributed by atoms with van der Waals surface area (Å²) in [6.45, 7) is 2.79. The van der Waals surface area contributed by atoms with Gasteiger partial charge in [-0.15, -0.1) is 0 Å². The van der Waals surface area contributed by atoms with Gasteiger partial charge in [0.15, 0.2) is 6.35 Å². The van der Waals surface area contributed by atoms with Crippen molar-refractivity contribution >= 4 is 11.8 Å². The van der Waals surface area contributed by atoms with Crippen LogP contribution in [0.5, 0.6) is 5.75 Å². The number of carbonyl (C=O) groups excluding carboxylic acids is 2. The predicted octanol–water partition coefficient (Wildman–Crippen LogP) is -1.27. The topological polar surface area (TPSA) is 115 Å². The molecule has 152 valence electrons. The number of piperidine rings is 1. The first kappa shape index (κ1) is 19.1. The maximum Gasteiger partial charge on any atom is 0.254 e. The van der Waals surface area contributed by atoms with Crippen LogP contribution in [0.2, 0.25) is 0 Å². The van der Waals surface area contributed by atoms with E-state index in [-0.39, 0.29) is 18.4 Å². The number of amides is 2. The molecule has 0 bridgehead atoms. The summed E-state index contributed by atoms with van der Waals surface area (Å²) in [5, 5.41) is 22.2. The van der Waals surface area contributed by atoms with Gasteiger partial charge in [-0.3, -0.25) is 14.9 Å². The van der Waals surface area contributed by atoms with Crippen LogP contribution in [0.3, 0.4) is 0 Å². The van der Waals surface area contributed by atoms with Gasteiger partial charge in [-0.05, 0) is 49.7 Å². The van der Waals surface area contributed by atoms with Crippen LogP contribution < -0.4 is 26.0 Å². The van der Waals surface area contributed by atoms with E-state index in [0.717, 1.165) is 31.5 Å². The highest BCUT2D eigenvalue weighted by Gasteiger charge is 2.49. The first-order chi connectivity index (χ1) is 13.5. The van der Waals surface area contributed by atoms with Gasteiger partial charge in [-0.2, -0.15) is 0 Å². The van der Waals surface area contributed by atoms with Crippen molar-refractivity contribution in [3.8, 4) is 5.75 Å². The molecule has 2 amide bonds. The van der Waals surface area contributed by atoms with Crippen molar-refractivity contribution in [1.82, 2.24) is 26.2 Å². The minimum absolute atomic E-state index is 0.116. The number of carbonyl (C=O) groups is 2. The summed E-state index contributed by atoms with van der Waals surface area (Å²) < 4.78 is 5.25. The molecule has 1 aromatic carbocycles. The molecule has 3 aliphatic heterocycles. The average molecular weight is 389 g/mol. The van der Waals surface area contributed by atoms with Crippen LogP contribution in [-0.4, -0.2) is 73.0 Å². The number of nitrogens with one attached hydrogen (secondary N) is 4. The average Bonchev–Trinajstić information content (AvgIpc) is 3.16. The van der Waals surface area contributed by atoms with E-state index in [4.69, 9.17) is 4.74 Å². The lowest BCUT2D eigenvalue weighted by molar-refractivity contribution is -0.125. The number of ether oxygens (including phenoxy) is 1. The summed E-state index contributed by atoms with van der Waals surface area (Å²) in [5.41, 5.74) is 0.428. The van der Waals surface area contributed by atoms with Gasteiger partial charge in [0.25, 0.3) is 5.91 Å². The van der Waals surface area contributed by atoms with Crippen molar-refractivity contribution in [3.63, 3.8) is 0 Å². The molecule has 1 aromatic rings. The SMILES string of the molecule is COc1ccc2c(c1)CN(CC1(CNC3CCNCC3)NC(O)NC1=O)C2=O. The first-order valence-electron chi connectivity index (χ1n) is 9.68. The molecule has 4 rings (SSSR count). The predicted molar refractivity (Wildman–Crippen MR) is 102 cm³/mol. The zero-order valence-electron chi connectivity index (χ0n) is 16.0. The number of aliphatic hydroxyl groups is 1. The molecule has 9 nitrogen and oxygen atoms in total. The van der Waals surface area contributed by atoms with Crippen LogP contribution in [0, 0.1) is 0 Å². The number of aliphatic hydroxyl groups excluding tert-OH is 1. The first-order valence-corrected chi connectivity index (χ1v) is 9.68. The molecular formula is C19H27N5O4. The van der Waals surface area contributed by atoms with Gasteiger partial charge in [0.1, 0.15) is 11.3 Å². The Balaban J connectivity index is 1.50. The number of rotatable bonds is 6. The molecular weight excluding hydrogens is 362 g/mol. The zero-order valence-corrected chi connectivity index (χ0v) is 16.0. The standard InChI is InChI=1S/C19H27N5O4/c1-28-14-2-3-15-12(8-14)9-24(16(15)25)11-19(17(26)22-18(27)23-19)10-21-13-4-6-20-7-5-13/h2-3,8,13,18,20-21,23,27H,4-7,9-11H2,1H3,(H,22,26). The largest absolute Gasteiger partial charge is 0.497 e. The third kappa shape index (κ3) is 3.58. The summed E-state index contributed by atoms with van der Waals surface area (Å²) in [6.07, 6.45) is 0.838. The fourth-order valence-corrected chi connectivity index (χ4v) is 4.21. The molecule has 2 atom stereocenters. The van der Waals surface area contributed by atoms with Crippen LogP contribution in [0.1, 0.15) is 28.8 Å². The second-order valence-corrected chi connectivity index (χ2v) is 7.69. The van der Waals surface area contributed by atoms with Gasteiger partial charge in [-0.25, -0.2) is 0 Å². The van der Waals surface area contributed by atoms with E-state index in [1.54, 1.807) is 24.1 Å². The van der Waals surface area contributed by atoms with Gasteiger partial charge >= 0.3 is 0 Å². The van der Waals surface area contributed by atoms with Crippen molar-refractivity contribution in [2.75, 3.05) is 33.3 Å². The summed E-state index contributed by atoms with van der Waals surface area (Å²) in [6, 6.07) is 5.68. The minimum Gasteiger partial charge on any atom is -0.497 e. The zero-order chi connectivity index (χ0) is 19.7. The Morgan fingerprint density at radius 1 is 1.32 bits per heavy atom. The summed E-state index contributed by atoms with van der Waals surface area (Å²) in [4.78, 5) is 27.2. The third-order valence-electron chi connectivity index (χ3n) is 5.80. The van der Waals surface area contributed by atoms with Crippen molar-refractivity contribution in [2.45, 2.75) is 37.3 Å². The van der Waals surface area contributed by atoms with Crippen molar-refractivity contribution in [1.29, 1.82) is 0 Å². The Hall–Kier alpha value is -2.20. The quantitative estimate of drug-likeness (QED) is 0.412. The van der Waals surface area contributed by atoms with Crippen LogP contribution in [0.4, 0.5) is 0 Å². The Labute approximate surface area is 163 Å². The molecule has 0 saturated carbocycles. The van der Waals surface area contributed by atoms with Gasteiger partial charge in [0, 0.05) is 31.2 Å². The molecule has 9 heteroatoms. The molecule has 2 saturated heterocycles. The highest BCUT2D eigenvalue weighted by Crippen LogP contribution is 2.28. The van der Waals surface area contributed by atoms with E-state index in [1.165, 1.54) is 0 Å². The molecule has 2 fully saturated rings. The lowest BCUT2D eigenvalue weighted by atomic mass is 9.97. The van der Waals surface area contributed by atoms with Crippen LogP contribution in [0.25, 0.3) is 0 Å². The molecule has 3 heterocycles. The number of hydrogen-bond acceptors (Lipinski definition) is 7. The van der Waals surface area contributed by atoms with Crippen LogP contribution in [0.15, 0.2) is 18.2 Å². The molecule has 28 heavy (non-hydrogen) atoms. The van der Waals surface area contributed by atoms with Crippen molar-refractivity contribution < 1.29 is 19.4 Å². The second-order valence-electron chi connectivity index (χ2n) is 7.69. The highest BCUT2D eigenvalue weighted by atomic mass is 16.5. The Morgan fingerprint density at radius 3 is 2.79 bits per heavy atom. The molecule has 0 radical (unpaired) electrons. The molecule has 0 spiro atoms. The van der Waals surface area contributed by atoms with Gasteiger partial charge in [0.2, 0.25) is 5.91 Å². The summed E-state index contributed by atoms with van der Waals surface area (Å²) >= 11 is 0. The normalized spacial score (nSPS) is 27.8. The third-order valence-corrected chi connectivity index (χ3v) is 5.80. The van der Waals surface area contributed by atoms with E-state index in [1.807, 2.05) is 6.07 Å². The van der Waals surface area contributed by atoms with Crippen LogP contribution >= 0.6 is 0 Å². The summed E-state index contributed by atoms with van der Waals surface area (Å²) in [7, 11) is 1.59. The smallest absolute Gasteiger partial charge is 0.254 e. The number of benzene rings is 1. The molecule has 3 aliphatic rings. The molecule has 2 unspecified atom stereocenters. The summed E-state index contributed by atoms with van der Waals surface area (Å²) in [5.74, 6) is 0.278. The van der Waals surface area contributed by atoms with Crippen LogP contribution in [-0.2, 0) is 11.3 Å². The number of methoxy groups -OCH3 is 1. The fraction of sp³-hybridized carbons (Fsp3) is 0.579. The number of nitrogens with zero attached hydrogens (tertiary/aromatic N) is 1. The van der Waals surface area contributed by atoms with Crippen molar-refractivity contribution in [3.05, 3.63) is 29.3 Å². The minimum atomic E-state index is -1.12. The monoisotopic (exact) mass is 389 g/mol. The Morgan fingerprint density at radius 2 is 2.11 bits per heavy atom. The fourth-order valence-electron chi connectivity index (χ4n) is 4.21. The van der Waals surface area contributed by atoms with Gasteiger partial charge in [-0.1, -0.05) is 0 Å². The molecule has 5 N–H and O–H groups in total. The van der Waals surface area contributed by atoms with E-state index < -0.39 is 11.9 Å². The van der Waals surface area contributed by atoms with E-state index in [9.17, 15) is 14.7 Å². The molecule has 0 aromatic heterocycles. The van der Waals surface area contributed by atoms with Gasteiger partial charge < -0.3 is 30.7 Å². The highest BCUT2D eigenvalue weighted by molar-refractivity contribution is 5.99. The second kappa shape index (κ2) is 7.67. The number of hydrogen-bond donors (Lipinski definition) is 5. The van der Waals surface area contributed by atoms with E-state index in [0.29, 0.717) is 30.4 Å². The van der Waals surface area contributed by atoms with E-state index in [2.05, 4.69) is 21.3 Å². The van der Waals surface area contributed by atoms with E-state index >= 15 is 0 Å². The number of fused-ring (bicyclic) bond motifs is 1. The van der Waals surface area contributed by atoms with Gasteiger partial charge in [0.05, 0.1) is 7.11 Å². The molecule has 0 aliphatic carbocycles. The lowest BCUT2D eigenvalue weighted by Gasteiger charge is -2.34. The Kier molecular flexibility index (Phi) is 5.24. The maximum atomic E-state index is 12.9. The Bertz CT molecular complexity index is 767. The maximum absolute atomic E-state index is 12.9. The lowest BCUT2D eigenvalue weighted by Crippen LogP contribution is -2.62.